The van der Waals surface area contributed by atoms with Gasteiger partial charge in [0, 0.05) is 6.54 Å². The molecular weight excluding hydrogens is 226 g/mol. The summed E-state index contributed by atoms with van der Waals surface area (Å²) in [6.07, 6.45) is 0. The van der Waals surface area contributed by atoms with E-state index in [4.69, 9.17) is 23.1 Å². The maximum atomic E-state index is 10.8. The van der Waals surface area contributed by atoms with Gasteiger partial charge in [-0.05, 0) is 24.2 Å². The Hall–Kier alpha value is -1.26. The lowest BCUT2D eigenvalue weighted by atomic mass is 10.2. The second-order valence-electron chi connectivity index (χ2n) is 3.63. The molecule has 1 aromatic carbocycles. The van der Waals surface area contributed by atoms with Crippen molar-refractivity contribution in [2.75, 3.05) is 18.8 Å². The van der Waals surface area contributed by atoms with E-state index in [9.17, 15) is 4.79 Å². The Morgan fingerprint density at radius 1 is 1.50 bits per heavy atom. The van der Waals surface area contributed by atoms with E-state index in [1.807, 2.05) is 24.0 Å². The first-order chi connectivity index (χ1) is 7.52. The van der Waals surface area contributed by atoms with Gasteiger partial charge in [-0.1, -0.05) is 24.6 Å². The van der Waals surface area contributed by atoms with Crippen LogP contribution in [0.1, 0.15) is 12.5 Å². The van der Waals surface area contributed by atoms with Crippen molar-refractivity contribution in [3.05, 3.63) is 28.8 Å². The first-order valence-corrected chi connectivity index (χ1v) is 5.45. The largest absolute Gasteiger partial charge is 0.398 e. The number of carbonyl (C=O) groups is 1. The van der Waals surface area contributed by atoms with Gasteiger partial charge in [-0.15, -0.1) is 0 Å². The Balaban J connectivity index is 2.70. The van der Waals surface area contributed by atoms with Crippen molar-refractivity contribution in [2.45, 2.75) is 13.5 Å². The number of nitrogens with two attached hydrogens (primary N) is 2. The van der Waals surface area contributed by atoms with Crippen molar-refractivity contribution in [1.82, 2.24) is 4.90 Å². The molecule has 0 spiro atoms. The molecule has 4 nitrogen and oxygen atoms in total. The van der Waals surface area contributed by atoms with Gasteiger partial charge in [-0.25, -0.2) is 0 Å². The van der Waals surface area contributed by atoms with E-state index >= 15 is 0 Å². The number of amides is 1. The van der Waals surface area contributed by atoms with E-state index in [2.05, 4.69) is 0 Å². The summed E-state index contributed by atoms with van der Waals surface area (Å²) < 4.78 is 0. The number of rotatable bonds is 5. The van der Waals surface area contributed by atoms with Crippen LogP contribution in [-0.2, 0) is 11.3 Å². The summed E-state index contributed by atoms with van der Waals surface area (Å²) in [7, 11) is 0. The summed E-state index contributed by atoms with van der Waals surface area (Å²) in [5.41, 5.74) is 12.4. The molecule has 0 aliphatic carbocycles. The molecule has 0 bridgehead atoms. The molecule has 0 aliphatic heterocycles. The second kappa shape index (κ2) is 5.72. The molecule has 0 saturated heterocycles. The average molecular weight is 242 g/mol. The predicted octanol–water partition coefficient (Wildman–Crippen LogP) is 1.23. The van der Waals surface area contributed by atoms with Crippen molar-refractivity contribution < 1.29 is 4.79 Å². The summed E-state index contributed by atoms with van der Waals surface area (Å²) in [6.45, 7) is 3.62. The number of hydrogen-bond acceptors (Lipinski definition) is 3. The van der Waals surface area contributed by atoms with Crippen LogP contribution in [0.4, 0.5) is 5.69 Å². The van der Waals surface area contributed by atoms with Crippen molar-refractivity contribution in [1.29, 1.82) is 0 Å². The maximum Gasteiger partial charge on any atom is 0.231 e. The van der Waals surface area contributed by atoms with Gasteiger partial charge in [-0.2, -0.15) is 0 Å². The van der Waals surface area contributed by atoms with Crippen LogP contribution in [0.3, 0.4) is 0 Å². The number of nitrogen functional groups attached to an aromatic ring is 1. The minimum Gasteiger partial charge on any atom is -0.398 e. The topological polar surface area (TPSA) is 72.3 Å². The van der Waals surface area contributed by atoms with Crippen molar-refractivity contribution in [3.8, 4) is 0 Å². The summed E-state index contributed by atoms with van der Waals surface area (Å²) in [5, 5.41) is 0.543. The van der Waals surface area contributed by atoms with Crippen LogP contribution in [-0.4, -0.2) is 23.9 Å². The highest BCUT2D eigenvalue weighted by atomic mass is 35.5. The van der Waals surface area contributed by atoms with Gasteiger partial charge in [0.15, 0.2) is 0 Å². The zero-order chi connectivity index (χ0) is 12.1. The molecule has 0 radical (unpaired) electrons. The van der Waals surface area contributed by atoms with Crippen LogP contribution in [0.15, 0.2) is 18.2 Å². The van der Waals surface area contributed by atoms with Gasteiger partial charge in [0.2, 0.25) is 5.91 Å². The van der Waals surface area contributed by atoms with Gasteiger partial charge >= 0.3 is 0 Å². The van der Waals surface area contributed by atoms with E-state index in [1.54, 1.807) is 6.07 Å². The minimum absolute atomic E-state index is 0.249. The van der Waals surface area contributed by atoms with Crippen molar-refractivity contribution in [2.24, 2.45) is 5.73 Å². The number of primary amides is 1. The zero-order valence-electron chi connectivity index (χ0n) is 9.24. The molecule has 0 heterocycles. The first-order valence-electron chi connectivity index (χ1n) is 5.07. The Labute approximate surface area is 100 Å². The monoisotopic (exact) mass is 241 g/mol. The Morgan fingerprint density at radius 2 is 2.19 bits per heavy atom. The molecule has 0 atom stereocenters. The molecule has 0 aromatic heterocycles. The molecule has 0 unspecified atom stereocenters. The normalized spacial score (nSPS) is 10.7. The zero-order valence-corrected chi connectivity index (χ0v) is 10.00. The first kappa shape index (κ1) is 12.8. The second-order valence-corrected chi connectivity index (χ2v) is 4.03. The third-order valence-electron chi connectivity index (χ3n) is 2.29. The fraction of sp³-hybridized carbons (Fsp3) is 0.364. The SMILES string of the molecule is CCN(CC(N)=O)Cc1ccc(Cl)c(N)c1. The lowest BCUT2D eigenvalue weighted by Gasteiger charge is -2.18. The smallest absolute Gasteiger partial charge is 0.231 e. The summed E-state index contributed by atoms with van der Waals surface area (Å²) >= 11 is 5.82. The van der Waals surface area contributed by atoms with Gasteiger partial charge in [0.05, 0.1) is 17.3 Å². The van der Waals surface area contributed by atoms with Crippen molar-refractivity contribution in [3.63, 3.8) is 0 Å². The summed E-state index contributed by atoms with van der Waals surface area (Å²) in [5.74, 6) is -0.330. The van der Waals surface area contributed by atoms with Gasteiger partial charge in [0.1, 0.15) is 0 Å². The molecule has 4 N–H and O–H groups in total. The average Bonchev–Trinajstić information content (AvgIpc) is 2.22. The van der Waals surface area contributed by atoms with Crippen molar-refractivity contribution >= 4 is 23.2 Å². The molecule has 0 fully saturated rings. The fourth-order valence-electron chi connectivity index (χ4n) is 1.45. The van der Waals surface area contributed by atoms with Crippen LogP contribution >= 0.6 is 11.6 Å². The molecule has 88 valence electrons. The lowest BCUT2D eigenvalue weighted by Crippen LogP contribution is -2.33. The van der Waals surface area contributed by atoms with E-state index in [1.165, 1.54) is 0 Å². The highest BCUT2D eigenvalue weighted by molar-refractivity contribution is 6.33. The van der Waals surface area contributed by atoms with Crippen LogP contribution in [0.5, 0.6) is 0 Å². The molecule has 1 rings (SSSR count). The third-order valence-corrected chi connectivity index (χ3v) is 2.64. The van der Waals surface area contributed by atoms with Crippen LogP contribution < -0.4 is 11.5 Å². The fourth-order valence-corrected chi connectivity index (χ4v) is 1.57. The van der Waals surface area contributed by atoms with E-state index in [0.717, 1.165) is 12.1 Å². The molecular formula is C11H16ClN3O. The Kier molecular flexibility index (Phi) is 4.58. The number of anilines is 1. The molecule has 1 aromatic rings. The molecule has 1 amide bonds. The number of likely N-dealkylation sites (N-methyl/N-ethyl adjacent to an activating group) is 1. The number of hydrogen-bond donors (Lipinski definition) is 2. The number of nitrogens with zero attached hydrogens (tertiary/aromatic N) is 1. The number of carbonyl (C=O) groups excluding carboxylic acids is 1. The number of halogens is 1. The summed E-state index contributed by atoms with van der Waals surface area (Å²) in [4.78, 5) is 12.8. The van der Waals surface area contributed by atoms with Gasteiger partial charge < -0.3 is 11.5 Å². The van der Waals surface area contributed by atoms with E-state index in [0.29, 0.717) is 17.3 Å². The van der Waals surface area contributed by atoms with Crippen LogP contribution in [0.25, 0.3) is 0 Å². The van der Waals surface area contributed by atoms with Crippen LogP contribution in [0, 0.1) is 0 Å². The van der Waals surface area contributed by atoms with E-state index in [-0.39, 0.29) is 12.5 Å². The van der Waals surface area contributed by atoms with E-state index < -0.39 is 0 Å². The molecule has 5 heteroatoms. The standard InChI is InChI=1S/C11H16ClN3O/c1-2-15(7-11(14)16)6-8-3-4-9(12)10(13)5-8/h3-5H,2,6-7,13H2,1H3,(H2,14,16). The quantitative estimate of drug-likeness (QED) is 0.762. The molecule has 0 aliphatic rings. The highest BCUT2D eigenvalue weighted by Gasteiger charge is 2.07. The van der Waals surface area contributed by atoms with Gasteiger partial charge in [0.25, 0.3) is 0 Å². The van der Waals surface area contributed by atoms with Gasteiger partial charge in [-0.3, -0.25) is 9.69 Å². The maximum absolute atomic E-state index is 10.8. The highest BCUT2D eigenvalue weighted by Crippen LogP contribution is 2.20. The minimum atomic E-state index is -0.330. The molecule has 0 saturated carbocycles. The van der Waals surface area contributed by atoms with Crippen LogP contribution in [0.2, 0.25) is 5.02 Å². The summed E-state index contributed by atoms with van der Waals surface area (Å²) in [6, 6.07) is 5.46. The predicted molar refractivity (Wildman–Crippen MR) is 66.0 cm³/mol. The Bertz CT molecular complexity index is 381. The Morgan fingerprint density at radius 3 is 2.69 bits per heavy atom. The third kappa shape index (κ3) is 3.72. The number of benzene rings is 1. The lowest BCUT2D eigenvalue weighted by molar-refractivity contribution is -0.119. The molecule has 16 heavy (non-hydrogen) atoms.